The van der Waals surface area contributed by atoms with Crippen molar-refractivity contribution in [2.45, 2.75) is 38.9 Å². The summed E-state index contributed by atoms with van der Waals surface area (Å²) >= 11 is 0. The highest BCUT2D eigenvalue weighted by Crippen LogP contribution is 2.43. The molecule has 0 radical (unpaired) electrons. The second-order valence-corrected chi connectivity index (χ2v) is 7.71. The second-order valence-electron chi connectivity index (χ2n) is 4.99. The molecule has 0 bridgehead atoms. The molecule has 84 valence electrons. The summed E-state index contributed by atoms with van der Waals surface area (Å²) in [6.07, 6.45) is 0. The smallest absolute Gasteiger partial charge is 0.0328 e. The quantitative estimate of drug-likeness (QED) is 0.758. The molecule has 0 saturated carbocycles. The van der Waals surface area contributed by atoms with Gasteiger partial charge in [-0.3, -0.25) is 5.09 Å². The van der Waals surface area contributed by atoms with E-state index in [1.165, 1.54) is 5.56 Å². The lowest BCUT2D eigenvalue weighted by molar-refractivity contribution is 0.702. The van der Waals surface area contributed by atoms with Gasteiger partial charge in [0.1, 0.15) is 0 Å². The Labute approximate surface area is 95.1 Å². The van der Waals surface area contributed by atoms with Crippen molar-refractivity contribution in [2.75, 3.05) is 6.66 Å². The number of hydrogen-bond donors (Lipinski definition) is 1. The minimum Gasteiger partial charge on any atom is -0.289 e. The van der Waals surface area contributed by atoms with Crippen LogP contribution in [0, 0.1) is 0 Å². The van der Waals surface area contributed by atoms with Crippen molar-refractivity contribution < 1.29 is 0 Å². The largest absolute Gasteiger partial charge is 0.289 e. The van der Waals surface area contributed by atoms with Crippen LogP contribution in [0.25, 0.3) is 0 Å². The number of hydrogen-bond acceptors (Lipinski definition) is 1. The van der Waals surface area contributed by atoms with Crippen molar-refractivity contribution in [3.8, 4) is 0 Å². The molecule has 0 aliphatic heterocycles. The van der Waals surface area contributed by atoms with Crippen LogP contribution in [0.5, 0.6) is 0 Å². The van der Waals surface area contributed by atoms with Crippen molar-refractivity contribution in [1.82, 2.24) is 5.09 Å². The summed E-state index contributed by atoms with van der Waals surface area (Å²) < 4.78 is 0. The van der Waals surface area contributed by atoms with Gasteiger partial charge in [0, 0.05) is 6.04 Å². The molecule has 1 aromatic rings. The van der Waals surface area contributed by atoms with E-state index in [0.717, 1.165) is 0 Å². The molecule has 0 amide bonds. The predicted octanol–water partition coefficient (Wildman–Crippen LogP) is 4.16. The number of nitrogens with one attached hydrogen (secondary N) is 1. The highest BCUT2D eigenvalue weighted by Gasteiger charge is 2.21. The summed E-state index contributed by atoms with van der Waals surface area (Å²) in [5, 5.41) is 4.07. The summed E-state index contributed by atoms with van der Waals surface area (Å²) in [6, 6.07) is 11.1. The van der Waals surface area contributed by atoms with Crippen molar-refractivity contribution in [3.05, 3.63) is 35.9 Å². The maximum absolute atomic E-state index is 3.70. The van der Waals surface area contributed by atoms with Gasteiger partial charge < -0.3 is 0 Å². The normalized spacial score (nSPS) is 16.1. The minimum absolute atomic E-state index is 0.135. The molecule has 1 unspecified atom stereocenters. The van der Waals surface area contributed by atoms with Crippen molar-refractivity contribution in [1.29, 1.82) is 0 Å². The van der Waals surface area contributed by atoms with Gasteiger partial charge in [0.05, 0.1) is 0 Å². The molecule has 2 atom stereocenters. The van der Waals surface area contributed by atoms with E-state index in [1.807, 2.05) is 0 Å². The molecule has 0 heterocycles. The zero-order valence-corrected chi connectivity index (χ0v) is 11.3. The average molecular weight is 223 g/mol. The van der Waals surface area contributed by atoms with Gasteiger partial charge in [-0.25, -0.2) is 0 Å². The van der Waals surface area contributed by atoms with Gasteiger partial charge in [-0.05, 0) is 32.4 Å². The average Bonchev–Trinajstić information content (AvgIpc) is 2.17. The molecule has 0 aromatic heterocycles. The van der Waals surface area contributed by atoms with Crippen LogP contribution >= 0.6 is 8.07 Å². The Balaban J connectivity index is 2.61. The van der Waals surface area contributed by atoms with Gasteiger partial charge in [-0.2, -0.15) is 0 Å². The molecule has 2 heteroatoms. The van der Waals surface area contributed by atoms with Crippen LogP contribution in [0.4, 0.5) is 0 Å². The van der Waals surface area contributed by atoms with Crippen LogP contribution < -0.4 is 5.09 Å². The SMILES string of the molecule is C[C@H](NP(C)C(C)(C)C)c1ccccc1. The Bertz CT molecular complexity index is 289. The van der Waals surface area contributed by atoms with Crippen molar-refractivity contribution >= 4 is 8.07 Å². The Morgan fingerprint density at radius 2 is 1.67 bits per heavy atom. The van der Waals surface area contributed by atoms with Gasteiger partial charge in [-0.15, -0.1) is 0 Å². The molecule has 1 aromatic carbocycles. The number of rotatable bonds is 3. The van der Waals surface area contributed by atoms with Crippen LogP contribution in [0.1, 0.15) is 39.3 Å². The van der Waals surface area contributed by atoms with Gasteiger partial charge in [0.15, 0.2) is 0 Å². The lowest BCUT2D eigenvalue weighted by atomic mass is 10.1. The summed E-state index contributed by atoms with van der Waals surface area (Å²) in [5.41, 5.74) is 1.37. The first-order chi connectivity index (χ1) is 6.91. The molecule has 1 N–H and O–H groups in total. The monoisotopic (exact) mass is 223 g/mol. The molecule has 0 saturated heterocycles. The van der Waals surface area contributed by atoms with E-state index >= 15 is 0 Å². The van der Waals surface area contributed by atoms with E-state index in [4.69, 9.17) is 0 Å². The van der Waals surface area contributed by atoms with E-state index in [1.54, 1.807) is 0 Å². The summed E-state index contributed by atoms with van der Waals surface area (Å²) in [7, 11) is -0.135. The van der Waals surface area contributed by atoms with Crippen molar-refractivity contribution in [2.24, 2.45) is 0 Å². The van der Waals surface area contributed by atoms with Crippen LogP contribution in [0.2, 0.25) is 0 Å². The third kappa shape index (κ3) is 3.93. The summed E-state index contributed by atoms with van der Waals surface area (Å²) in [6.45, 7) is 11.4. The van der Waals surface area contributed by atoms with Crippen LogP contribution in [0.3, 0.4) is 0 Å². The standard InChI is InChI=1S/C13H22NP/c1-11(12-9-7-6-8-10-12)14-15(5)13(2,3)4/h6-11,14H,1-5H3/t11-,15?/m0/s1. The first-order valence-corrected chi connectivity index (χ1v) is 7.25. The molecule has 0 aliphatic carbocycles. The minimum atomic E-state index is -0.135. The summed E-state index contributed by atoms with van der Waals surface area (Å²) in [5.74, 6) is 0. The summed E-state index contributed by atoms with van der Waals surface area (Å²) in [4.78, 5) is 0. The highest BCUT2D eigenvalue weighted by atomic mass is 31.1. The predicted molar refractivity (Wildman–Crippen MR) is 70.6 cm³/mol. The molecule has 1 nitrogen and oxygen atoms in total. The fraction of sp³-hybridized carbons (Fsp3) is 0.538. The first-order valence-electron chi connectivity index (χ1n) is 5.46. The molecule has 0 fully saturated rings. The van der Waals surface area contributed by atoms with Crippen molar-refractivity contribution in [3.63, 3.8) is 0 Å². The Hall–Kier alpha value is -0.390. The van der Waals surface area contributed by atoms with Gasteiger partial charge in [0.2, 0.25) is 0 Å². The highest BCUT2D eigenvalue weighted by molar-refractivity contribution is 7.56. The lowest BCUT2D eigenvalue weighted by Crippen LogP contribution is -2.23. The molecule has 15 heavy (non-hydrogen) atoms. The fourth-order valence-electron chi connectivity index (χ4n) is 1.30. The van der Waals surface area contributed by atoms with Crippen LogP contribution in [-0.4, -0.2) is 11.8 Å². The maximum Gasteiger partial charge on any atom is 0.0328 e. The third-order valence-electron chi connectivity index (χ3n) is 2.69. The fourth-order valence-corrected chi connectivity index (χ4v) is 2.42. The van der Waals surface area contributed by atoms with Gasteiger partial charge in [-0.1, -0.05) is 51.1 Å². The van der Waals surface area contributed by atoms with Gasteiger partial charge in [0.25, 0.3) is 0 Å². The van der Waals surface area contributed by atoms with Gasteiger partial charge >= 0.3 is 0 Å². The third-order valence-corrected chi connectivity index (χ3v) is 5.48. The van der Waals surface area contributed by atoms with E-state index < -0.39 is 0 Å². The Morgan fingerprint density at radius 1 is 1.13 bits per heavy atom. The molecule has 0 aliphatic rings. The zero-order valence-electron chi connectivity index (χ0n) is 10.4. The van der Waals surface area contributed by atoms with E-state index in [2.05, 4.69) is 69.8 Å². The number of benzene rings is 1. The second kappa shape index (κ2) is 5.09. The Kier molecular flexibility index (Phi) is 4.31. The van der Waals surface area contributed by atoms with Crippen LogP contribution in [-0.2, 0) is 0 Å². The zero-order chi connectivity index (χ0) is 11.5. The van der Waals surface area contributed by atoms with Crippen LogP contribution in [0.15, 0.2) is 30.3 Å². The van der Waals surface area contributed by atoms with E-state index in [0.29, 0.717) is 11.2 Å². The Morgan fingerprint density at radius 3 is 2.13 bits per heavy atom. The molecular formula is C13H22NP. The first kappa shape index (κ1) is 12.7. The lowest BCUT2D eigenvalue weighted by Gasteiger charge is -2.31. The molecule has 1 rings (SSSR count). The molecule has 0 spiro atoms. The topological polar surface area (TPSA) is 12.0 Å². The maximum atomic E-state index is 3.70. The van der Waals surface area contributed by atoms with E-state index in [9.17, 15) is 0 Å². The molecular weight excluding hydrogens is 201 g/mol. The van der Waals surface area contributed by atoms with E-state index in [-0.39, 0.29) is 8.07 Å².